The zero-order valence-corrected chi connectivity index (χ0v) is 11.6. The van der Waals surface area contributed by atoms with Gasteiger partial charge in [-0.3, -0.25) is 0 Å². The van der Waals surface area contributed by atoms with Crippen LogP contribution in [0, 0.1) is 0 Å². The SMILES string of the molecule is CN1CCC(N(C)C(=O)NCCOCC(=O)O)CC1. The molecule has 1 aliphatic heterocycles. The number of piperidine rings is 1. The van der Waals surface area contributed by atoms with Gasteiger partial charge in [0.2, 0.25) is 0 Å². The van der Waals surface area contributed by atoms with Gasteiger partial charge >= 0.3 is 12.0 Å². The van der Waals surface area contributed by atoms with Crippen LogP contribution in [0.25, 0.3) is 0 Å². The molecule has 1 fully saturated rings. The van der Waals surface area contributed by atoms with E-state index in [0.717, 1.165) is 25.9 Å². The average Bonchev–Trinajstić information content (AvgIpc) is 2.37. The van der Waals surface area contributed by atoms with Crippen LogP contribution < -0.4 is 5.32 Å². The highest BCUT2D eigenvalue weighted by atomic mass is 16.5. The van der Waals surface area contributed by atoms with Crippen molar-refractivity contribution in [3.8, 4) is 0 Å². The Labute approximate surface area is 113 Å². The van der Waals surface area contributed by atoms with E-state index in [1.54, 1.807) is 11.9 Å². The summed E-state index contributed by atoms with van der Waals surface area (Å²) < 4.78 is 4.85. The summed E-state index contributed by atoms with van der Waals surface area (Å²) in [6.07, 6.45) is 1.96. The third kappa shape index (κ3) is 5.89. The third-order valence-corrected chi connectivity index (χ3v) is 3.30. The summed E-state index contributed by atoms with van der Waals surface area (Å²) in [6, 6.07) is 0.143. The fourth-order valence-corrected chi connectivity index (χ4v) is 2.06. The van der Waals surface area contributed by atoms with Gasteiger partial charge in [-0.25, -0.2) is 9.59 Å². The number of ether oxygens (including phenoxy) is 1. The van der Waals surface area contributed by atoms with E-state index in [1.165, 1.54) is 0 Å². The Kier molecular flexibility index (Phi) is 6.58. The normalized spacial score (nSPS) is 17.2. The highest BCUT2D eigenvalue weighted by Gasteiger charge is 2.23. The predicted octanol–water partition coefficient (Wildman–Crippen LogP) is -0.177. The largest absolute Gasteiger partial charge is 0.480 e. The molecule has 0 spiro atoms. The number of hydrogen-bond acceptors (Lipinski definition) is 4. The summed E-state index contributed by atoms with van der Waals surface area (Å²) in [7, 11) is 3.87. The van der Waals surface area contributed by atoms with Crippen molar-refractivity contribution >= 4 is 12.0 Å². The van der Waals surface area contributed by atoms with Gasteiger partial charge in [0.1, 0.15) is 6.61 Å². The molecule has 1 saturated heterocycles. The summed E-state index contributed by atoms with van der Waals surface area (Å²) in [5.74, 6) is -1.00. The first-order chi connectivity index (χ1) is 9.00. The number of nitrogens with zero attached hydrogens (tertiary/aromatic N) is 2. The second kappa shape index (κ2) is 7.96. The zero-order chi connectivity index (χ0) is 14.3. The molecule has 0 radical (unpaired) electrons. The Bertz CT molecular complexity index is 303. The molecule has 1 heterocycles. The van der Waals surface area contributed by atoms with Gasteiger partial charge in [0.05, 0.1) is 6.61 Å². The molecule has 0 unspecified atom stereocenters. The van der Waals surface area contributed by atoms with Gasteiger partial charge in [0, 0.05) is 19.6 Å². The standard InChI is InChI=1S/C12H23N3O4/c1-14-6-3-10(4-7-14)15(2)12(18)13-5-8-19-9-11(16)17/h10H,3-9H2,1-2H3,(H,13,18)(H,16,17). The number of urea groups is 1. The lowest BCUT2D eigenvalue weighted by Gasteiger charge is -2.35. The van der Waals surface area contributed by atoms with Crippen LogP contribution in [0.1, 0.15) is 12.8 Å². The maximum absolute atomic E-state index is 11.9. The van der Waals surface area contributed by atoms with Crippen LogP contribution in [0.5, 0.6) is 0 Å². The van der Waals surface area contributed by atoms with Crippen LogP contribution >= 0.6 is 0 Å². The predicted molar refractivity (Wildman–Crippen MR) is 70.1 cm³/mol. The molecule has 2 N–H and O–H groups in total. The van der Waals surface area contributed by atoms with Gasteiger partial charge in [0.15, 0.2) is 0 Å². The lowest BCUT2D eigenvalue weighted by molar-refractivity contribution is -0.142. The lowest BCUT2D eigenvalue weighted by Crippen LogP contribution is -2.48. The number of carbonyl (C=O) groups is 2. The fourth-order valence-electron chi connectivity index (χ4n) is 2.06. The molecule has 0 aliphatic carbocycles. The van der Waals surface area contributed by atoms with E-state index in [0.29, 0.717) is 6.54 Å². The Balaban J connectivity index is 2.16. The number of amides is 2. The van der Waals surface area contributed by atoms with E-state index >= 15 is 0 Å². The van der Waals surface area contributed by atoms with Crippen molar-refractivity contribution in [1.82, 2.24) is 15.1 Å². The monoisotopic (exact) mass is 273 g/mol. The molecule has 0 saturated carbocycles. The van der Waals surface area contributed by atoms with Gasteiger partial charge in [-0.1, -0.05) is 0 Å². The van der Waals surface area contributed by atoms with E-state index in [9.17, 15) is 9.59 Å². The molecule has 0 aromatic carbocycles. The van der Waals surface area contributed by atoms with Crippen LogP contribution in [0.2, 0.25) is 0 Å². The Morgan fingerprint density at radius 3 is 2.63 bits per heavy atom. The maximum atomic E-state index is 11.9. The summed E-state index contributed by atoms with van der Waals surface area (Å²) >= 11 is 0. The zero-order valence-electron chi connectivity index (χ0n) is 11.6. The highest BCUT2D eigenvalue weighted by Crippen LogP contribution is 2.13. The summed E-state index contributed by atoms with van der Waals surface area (Å²) in [4.78, 5) is 26.0. The van der Waals surface area contributed by atoms with Gasteiger partial charge in [-0.05, 0) is 33.0 Å². The molecule has 0 atom stereocenters. The number of rotatable bonds is 6. The van der Waals surface area contributed by atoms with E-state index < -0.39 is 5.97 Å². The number of nitrogens with one attached hydrogen (secondary N) is 1. The number of likely N-dealkylation sites (tertiary alicyclic amines) is 1. The van der Waals surface area contributed by atoms with E-state index in [4.69, 9.17) is 9.84 Å². The number of hydrogen-bond donors (Lipinski definition) is 2. The third-order valence-electron chi connectivity index (χ3n) is 3.30. The molecule has 0 aromatic heterocycles. The molecule has 1 aliphatic rings. The molecule has 0 bridgehead atoms. The van der Waals surface area contributed by atoms with Crippen molar-refractivity contribution in [3.05, 3.63) is 0 Å². The fraction of sp³-hybridized carbons (Fsp3) is 0.833. The summed E-state index contributed by atoms with van der Waals surface area (Å²) in [5.41, 5.74) is 0. The second-order valence-electron chi connectivity index (χ2n) is 4.82. The molecule has 1 rings (SSSR count). The molecular formula is C12H23N3O4. The number of carboxylic acids is 1. The van der Waals surface area contributed by atoms with Gasteiger partial charge < -0.3 is 25.0 Å². The van der Waals surface area contributed by atoms with Gasteiger partial charge in [-0.15, -0.1) is 0 Å². The highest BCUT2D eigenvalue weighted by molar-refractivity contribution is 5.74. The smallest absolute Gasteiger partial charge is 0.329 e. The van der Waals surface area contributed by atoms with E-state index in [-0.39, 0.29) is 25.3 Å². The minimum absolute atomic E-state index is 0.131. The van der Waals surface area contributed by atoms with Crippen LogP contribution in [0.4, 0.5) is 4.79 Å². The lowest BCUT2D eigenvalue weighted by atomic mass is 10.0. The topological polar surface area (TPSA) is 82.1 Å². The number of aliphatic carboxylic acids is 1. The van der Waals surface area contributed by atoms with E-state index in [2.05, 4.69) is 17.3 Å². The average molecular weight is 273 g/mol. The van der Waals surface area contributed by atoms with Crippen molar-refractivity contribution < 1.29 is 19.4 Å². The van der Waals surface area contributed by atoms with Gasteiger partial charge in [0.25, 0.3) is 0 Å². The quantitative estimate of drug-likeness (QED) is 0.656. The molecular weight excluding hydrogens is 250 g/mol. The first kappa shape index (κ1) is 15.7. The first-order valence-electron chi connectivity index (χ1n) is 6.49. The molecule has 110 valence electrons. The van der Waals surface area contributed by atoms with Crippen LogP contribution in [0.15, 0.2) is 0 Å². The molecule has 0 aromatic rings. The minimum atomic E-state index is -1.00. The molecule has 2 amide bonds. The Morgan fingerprint density at radius 1 is 1.42 bits per heavy atom. The van der Waals surface area contributed by atoms with E-state index in [1.807, 2.05) is 0 Å². The van der Waals surface area contributed by atoms with Gasteiger partial charge in [-0.2, -0.15) is 0 Å². The Morgan fingerprint density at radius 2 is 2.05 bits per heavy atom. The van der Waals surface area contributed by atoms with Crippen molar-refractivity contribution in [1.29, 1.82) is 0 Å². The number of carbonyl (C=O) groups excluding carboxylic acids is 1. The molecule has 7 nitrogen and oxygen atoms in total. The first-order valence-corrected chi connectivity index (χ1v) is 6.49. The van der Waals surface area contributed by atoms with Crippen LogP contribution in [-0.2, 0) is 9.53 Å². The summed E-state index contributed by atoms with van der Waals surface area (Å²) in [6.45, 7) is 2.21. The van der Waals surface area contributed by atoms with Crippen molar-refractivity contribution in [3.63, 3.8) is 0 Å². The summed E-state index contributed by atoms with van der Waals surface area (Å²) in [5, 5.41) is 11.1. The second-order valence-corrected chi connectivity index (χ2v) is 4.82. The van der Waals surface area contributed by atoms with Crippen LogP contribution in [-0.4, -0.2) is 79.9 Å². The molecule has 19 heavy (non-hydrogen) atoms. The minimum Gasteiger partial charge on any atom is -0.480 e. The van der Waals surface area contributed by atoms with Crippen molar-refractivity contribution in [2.75, 3.05) is 46.9 Å². The van der Waals surface area contributed by atoms with Crippen molar-refractivity contribution in [2.45, 2.75) is 18.9 Å². The Hall–Kier alpha value is -1.34. The maximum Gasteiger partial charge on any atom is 0.329 e. The number of carboxylic acid groups (broad SMARTS) is 1. The van der Waals surface area contributed by atoms with Crippen molar-refractivity contribution in [2.24, 2.45) is 0 Å². The van der Waals surface area contributed by atoms with Crippen LogP contribution in [0.3, 0.4) is 0 Å². The molecule has 7 heteroatoms.